The molecule has 1 aromatic carbocycles. The molecule has 8 nitrogen and oxygen atoms in total. The topological polar surface area (TPSA) is 130 Å². The molecule has 9 heteroatoms. The molecule has 4 rings (SSSR count). The second kappa shape index (κ2) is 8.19. The summed E-state index contributed by atoms with van der Waals surface area (Å²) in [5, 5.41) is 35.6. The Kier molecular flexibility index (Phi) is 6.24. The molecule has 2 saturated carbocycles. The van der Waals surface area contributed by atoms with E-state index in [2.05, 4.69) is 6.58 Å². The normalized spacial score (nSPS) is 44.4. The molecule has 36 heavy (non-hydrogen) atoms. The van der Waals surface area contributed by atoms with Crippen molar-refractivity contribution in [3.05, 3.63) is 42.5 Å². The fourth-order valence-electron chi connectivity index (χ4n) is 7.34. The summed E-state index contributed by atoms with van der Waals surface area (Å²) in [4.78, 5) is 13.8. The molecule has 1 aliphatic heterocycles. The zero-order chi connectivity index (χ0) is 27.1. The molecule has 8 atom stereocenters. The highest BCUT2D eigenvalue weighted by atomic mass is 32.2. The molecule has 0 bridgehead atoms. The van der Waals surface area contributed by atoms with Gasteiger partial charge < -0.3 is 20.1 Å². The first-order valence-corrected chi connectivity index (χ1v) is 13.8. The molecular formula is C27H38O8S. The van der Waals surface area contributed by atoms with Gasteiger partial charge in [0.25, 0.3) is 10.1 Å². The highest BCUT2D eigenvalue weighted by Crippen LogP contribution is 2.67. The van der Waals surface area contributed by atoms with E-state index in [1.807, 2.05) is 20.8 Å². The van der Waals surface area contributed by atoms with Gasteiger partial charge >= 0.3 is 0 Å². The van der Waals surface area contributed by atoms with Gasteiger partial charge in [0.05, 0.1) is 22.7 Å². The highest BCUT2D eigenvalue weighted by molar-refractivity contribution is 7.86. The summed E-state index contributed by atoms with van der Waals surface area (Å²) in [5.41, 5.74) is -7.02. The highest BCUT2D eigenvalue weighted by Gasteiger charge is 2.81. The Morgan fingerprint density at radius 1 is 1.11 bits per heavy atom. The standard InChI is InChI=1S/C27H38O8S/c1-8-24(5)15-19(29)27(31)25(6)18(28)13-14-23(3,4)21(25)20(30)22(26(27,7)35-24)34-36(32,33)17-11-9-16(2)10-12-17/h8-12,18,20-22,28,30-31H,1,13-15H2,2-7H3/t18-,20-,21-,22+,24-,25-,26+,27-/m0/s1. The second-order valence-corrected chi connectivity index (χ2v) is 13.7. The minimum atomic E-state index is -4.45. The van der Waals surface area contributed by atoms with Crippen LogP contribution in [0.5, 0.6) is 0 Å². The van der Waals surface area contributed by atoms with Crippen LogP contribution in [0.25, 0.3) is 0 Å². The van der Waals surface area contributed by atoms with Gasteiger partial charge in [-0.25, -0.2) is 0 Å². The van der Waals surface area contributed by atoms with Crippen molar-refractivity contribution in [3.63, 3.8) is 0 Å². The molecule has 0 unspecified atom stereocenters. The summed E-state index contributed by atoms with van der Waals surface area (Å²) in [5.74, 6) is -1.50. The van der Waals surface area contributed by atoms with Crippen LogP contribution in [0.2, 0.25) is 0 Å². The minimum Gasteiger partial charge on any atom is -0.392 e. The Hall–Kier alpha value is -1.62. The van der Waals surface area contributed by atoms with E-state index in [9.17, 15) is 28.5 Å². The number of benzene rings is 1. The Labute approximate surface area is 213 Å². The van der Waals surface area contributed by atoms with Crippen LogP contribution >= 0.6 is 0 Å². The summed E-state index contributed by atoms with van der Waals surface area (Å²) in [6.45, 7) is 13.9. The van der Waals surface area contributed by atoms with Crippen LogP contribution in [0.4, 0.5) is 0 Å². The number of rotatable bonds is 4. The van der Waals surface area contributed by atoms with Crippen LogP contribution in [-0.2, 0) is 23.8 Å². The summed E-state index contributed by atoms with van der Waals surface area (Å²) in [6, 6.07) is 6.04. The number of aliphatic hydroxyl groups is 3. The Morgan fingerprint density at radius 3 is 2.25 bits per heavy atom. The molecule has 200 valence electrons. The van der Waals surface area contributed by atoms with Crippen molar-refractivity contribution in [1.29, 1.82) is 0 Å². The van der Waals surface area contributed by atoms with E-state index in [0.29, 0.717) is 12.8 Å². The molecule has 2 aliphatic carbocycles. The van der Waals surface area contributed by atoms with Gasteiger partial charge in [0.1, 0.15) is 11.7 Å². The maximum atomic E-state index is 13.9. The number of carbonyl (C=O) groups is 1. The predicted molar refractivity (Wildman–Crippen MR) is 133 cm³/mol. The van der Waals surface area contributed by atoms with Gasteiger partial charge in [-0.3, -0.25) is 8.98 Å². The van der Waals surface area contributed by atoms with Gasteiger partial charge in [-0.05, 0) is 51.2 Å². The summed E-state index contributed by atoms with van der Waals surface area (Å²) < 4.78 is 38.9. The van der Waals surface area contributed by atoms with Crippen molar-refractivity contribution >= 4 is 15.9 Å². The average Bonchev–Trinajstić information content (AvgIpc) is 2.77. The number of ether oxygens (including phenoxy) is 1. The molecule has 3 N–H and O–H groups in total. The van der Waals surface area contributed by atoms with Gasteiger partial charge in [0, 0.05) is 17.8 Å². The maximum Gasteiger partial charge on any atom is 0.297 e. The number of fused-ring (bicyclic) bond motifs is 3. The van der Waals surface area contributed by atoms with E-state index >= 15 is 0 Å². The van der Waals surface area contributed by atoms with Crippen LogP contribution in [0.3, 0.4) is 0 Å². The Balaban J connectivity index is 1.96. The molecule has 3 fully saturated rings. The third-order valence-electron chi connectivity index (χ3n) is 9.27. The van der Waals surface area contributed by atoms with Crippen molar-refractivity contribution in [2.24, 2.45) is 16.7 Å². The van der Waals surface area contributed by atoms with Crippen LogP contribution in [0.1, 0.15) is 59.4 Å². The molecular weight excluding hydrogens is 484 g/mol. The minimum absolute atomic E-state index is 0.127. The quantitative estimate of drug-likeness (QED) is 0.406. The second-order valence-electron chi connectivity index (χ2n) is 12.1. The van der Waals surface area contributed by atoms with Crippen LogP contribution in [0.15, 0.2) is 41.8 Å². The van der Waals surface area contributed by atoms with Crippen molar-refractivity contribution in [2.45, 2.75) is 101 Å². The summed E-state index contributed by atoms with van der Waals surface area (Å²) in [7, 11) is -4.45. The monoisotopic (exact) mass is 522 g/mol. The lowest BCUT2D eigenvalue weighted by atomic mass is 9.40. The van der Waals surface area contributed by atoms with Gasteiger partial charge in [0.15, 0.2) is 11.4 Å². The third-order valence-corrected chi connectivity index (χ3v) is 10.6. The fraction of sp³-hybridized carbons (Fsp3) is 0.667. The molecule has 0 aromatic heterocycles. The number of hydrogen-bond donors (Lipinski definition) is 3. The Morgan fingerprint density at radius 2 is 1.69 bits per heavy atom. The lowest BCUT2D eigenvalue weighted by Crippen LogP contribution is -2.86. The smallest absolute Gasteiger partial charge is 0.297 e. The zero-order valence-electron chi connectivity index (χ0n) is 21.8. The van der Waals surface area contributed by atoms with Gasteiger partial charge in [-0.1, -0.05) is 44.5 Å². The molecule has 1 heterocycles. The van der Waals surface area contributed by atoms with Gasteiger partial charge in [-0.2, -0.15) is 8.42 Å². The number of Topliss-reactive ketones (excluding diaryl/α,β-unsaturated/α-hetero) is 1. The maximum absolute atomic E-state index is 13.9. The number of aliphatic hydroxyl groups excluding tert-OH is 2. The molecule has 0 radical (unpaired) electrons. The van der Waals surface area contributed by atoms with Crippen LogP contribution < -0.4 is 0 Å². The van der Waals surface area contributed by atoms with Crippen LogP contribution in [-0.4, -0.2) is 64.6 Å². The van der Waals surface area contributed by atoms with E-state index < -0.39 is 67.8 Å². The number of ketones is 1. The van der Waals surface area contributed by atoms with Crippen molar-refractivity contribution < 1.29 is 37.5 Å². The first kappa shape index (κ1) is 27.4. The molecule has 0 amide bonds. The number of aryl methyl sites for hydroxylation is 1. The molecule has 3 aliphatic rings. The van der Waals surface area contributed by atoms with E-state index in [1.54, 1.807) is 26.0 Å². The molecule has 1 saturated heterocycles. The zero-order valence-corrected chi connectivity index (χ0v) is 22.6. The van der Waals surface area contributed by atoms with Crippen molar-refractivity contribution in [1.82, 2.24) is 0 Å². The number of hydrogen-bond acceptors (Lipinski definition) is 8. The molecule has 0 spiro atoms. The lowest BCUT2D eigenvalue weighted by molar-refractivity contribution is -0.366. The van der Waals surface area contributed by atoms with Crippen molar-refractivity contribution in [2.75, 3.05) is 0 Å². The van der Waals surface area contributed by atoms with E-state index in [-0.39, 0.29) is 11.3 Å². The lowest BCUT2D eigenvalue weighted by Gasteiger charge is -2.71. The van der Waals surface area contributed by atoms with E-state index in [1.165, 1.54) is 25.1 Å². The summed E-state index contributed by atoms with van der Waals surface area (Å²) in [6.07, 6.45) is -2.32. The third kappa shape index (κ3) is 3.50. The fourth-order valence-corrected chi connectivity index (χ4v) is 8.49. The predicted octanol–water partition coefficient (Wildman–Crippen LogP) is 2.67. The molecule has 1 aromatic rings. The van der Waals surface area contributed by atoms with Crippen LogP contribution in [0, 0.1) is 23.7 Å². The SMILES string of the molecule is C=C[C@@]1(C)CC(=O)[C@]2(O)[C@@]3(C)[C@@H](O)CCC(C)(C)[C@@H]3[C@H](O)[C@@H](OS(=O)(=O)c3ccc(C)cc3)[C@@]2(C)O1. The van der Waals surface area contributed by atoms with Gasteiger partial charge in [0.2, 0.25) is 0 Å². The largest absolute Gasteiger partial charge is 0.392 e. The first-order chi connectivity index (χ1) is 16.4. The van der Waals surface area contributed by atoms with Gasteiger partial charge in [-0.15, -0.1) is 6.58 Å². The van der Waals surface area contributed by atoms with E-state index in [4.69, 9.17) is 8.92 Å². The first-order valence-electron chi connectivity index (χ1n) is 12.4. The van der Waals surface area contributed by atoms with E-state index in [0.717, 1.165) is 5.56 Å². The Bertz CT molecular complexity index is 1180. The average molecular weight is 523 g/mol. The van der Waals surface area contributed by atoms with Crippen molar-refractivity contribution in [3.8, 4) is 0 Å². The number of carbonyl (C=O) groups excluding carboxylic acids is 1. The summed E-state index contributed by atoms with van der Waals surface area (Å²) >= 11 is 0.